The first-order valence-electron chi connectivity index (χ1n) is 6.22. The minimum Gasteiger partial charge on any atom is -0.493 e. The van der Waals surface area contributed by atoms with Crippen molar-refractivity contribution >= 4 is 5.91 Å². The predicted octanol–water partition coefficient (Wildman–Crippen LogP) is 1.77. The summed E-state index contributed by atoms with van der Waals surface area (Å²) in [6.45, 7) is 5.12. The summed E-state index contributed by atoms with van der Waals surface area (Å²) in [6, 6.07) is 5.96. The molecule has 5 nitrogen and oxygen atoms in total. The van der Waals surface area contributed by atoms with Gasteiger partial charge in [0.2, 0.25) is 5.91 Å². The topological polar surface area (TPSA) is 56.8 Å². The molecule has 106 valence electrons. The van der Waals surface area contributed by atoms with E-state index < -0.39 is 0 Å². The number of amides is 1. The van der Waals surface area contributed by atoms with Gasteiger partial charge in [-0.25, -0.2) is 5.48 Å². The maximum Gasteiger partial charge on any atom is 0.246 e. The average Bonchev–Trinajstić information content (AvgIpc) is 2.33. The predicted molar refractivity (Wildman–Crippen MR) is 72.0 cm³/mol. The maximum atomic E-state index is 11.4. The summed E-state index contributed by atoms with van der Waals surface area (Å²) in [5, 5.41) is 0. The number of hydrogen-bond donors (Lipinski definition) is 1. The molecule has 19 heavy (non-hydrogen) atoms. The summed E-state index contributed by atoms with van der Waals surface area (Å²) in [4.78, 5) is 16.3. The van der Waals surface area contributed by atoms with Gasteiger partial charge in [-0.3, -0.25) is 9.63 Å². The Kier molecular flexibility index (Phi) is 6.92. The first-order chi connectivity index (χ1) is 9.11. The van der Waals surface area contributed by atoms with E-state index in [1.165, 1.54) is 0 Å². The van der Waals surface area contributed by atoms with Crippen LogP contribution in [0.25, 0.3) is 0 Å². The van der Waals surface area contributed by atoms with Crippen LogP contribution in [0.4, 0.5) is 0 Å². The highest BCUT2D eigenvalue weighted by atomic mass is 16.7. The SMILES string of the molecule is COCCONC(=O)CCOc1cc(C)cc(C)c1. The maximum absolute atomic E-state index is 11.4. The molecule has 0 aliphatic carbocycles. The summed E-state index contributed by atoms with van der Waals surface area (Å²) in [5.41, 5.74) is 4.61. The fraction of sp³-hybridized carbons (Fsp3) is 0.500. The molecule has 5 heteroatoms. The van der Waals surface area contributed by atoms with Gasteiger partial charge in [-0.1, -0.05) is 6.07 Å². The fourth-order valence-corrected chi connectivity index (χ4v) is 1.59. The molecule has 0 saturated carbocycles. The van der Waals surface area contributed by atoms with Crippen LogP contribution in [0.15, 0.2) is 18.2 Å². The molecule has 0 heterocycles. The van der Waals surface area contributed by atoms with Crippen molar-refractivity contribution in [1.82, 2.24) is 5.48 Å². The van der Waals surface area contributed by atoms with Gasteiger partial charge in [0, 0.05) is 7.11 Å². The number of carbonyl (C=O) groups excluding carboxylic acids is 1. The molecule has 0 aliphatic heterocycles. The van der Waals surface area contributed by atoms with E-state index in [1.54, 1.807) is 7.11 Å². The number of hydroxylamine groups is 1. The molecule has 0 spiro atoms. The van der Waals surface area contributed by atoms with E-state index in [-0.39, 0.29) is 12.3 Å². The van der Waals surface area contributed by atoms with E-state index in [1.807, 2.05) is 26.0 Å². The number of aryl methyl sites for hydroxylation is 2. The van der Waals surface area contributed by atoms with Gasteiger partial charge < -0.3 is 9.47 Å². The van der Waals surface area contributed by atoms with Gasteiger partial charge in [-0.15, -0.1) is 0 Å². The Balaban J connectivity index is 2.20. The van der Waals surface area contributed by atoms with E-state index in [9.17, 15) is 4.79 Å². The molecule has 1 N–H and O–H groups in total. The Hall–Kier alpha value is -1.59. The van der Waals surface area contributed by atoms with Gasteiger partial charge in [0.25, 0.3) is 0 Å². The molecule has 0 unspecified atom stereocenters. The van der Waals surface area contributed by atoms with E-state index in [0.717, 1.165) is 16.9 Å². The summed E-state index contributed by atoms with van der Waals surface area (Å²) in [7, 11) is 1.57. The Morgan fingerprint density at radius 2 is 1.79 bits per heavy atom. The van der Waals surface area contributed by atoms with Crippen LogP contribution in [0.2, 0.25) is 0 Å². The number of carbonyl (C=O) groups is 1. The molecule has 0 aromatic heterocycles. The van der Waals surface area contributed by atoms with Crippen molar-refractivity contribution in [3.8, 4) is 5.75 Å². The molecule has 0 radical (unpaired) electrons. The van der Waals surface area contributed by atoms with Crippen LogP contribution in [0, 0.1) is 13.8 Å². The quantitative estimate of drug-likeness (QED) is 0.576. The van der Waals surface area contributed by atoms with Gasteiger partial charge in [0.05, 0.1) is 26.2 Å². The normalized spacial score (nSPS) is 10.3. The number of ether oxygens (including phenoxy) is 2. The molecule has 1 aromatic rings. The minimum absolute atomic E-state index is 0.208. The van der Waals surface area contributed by atoms with Crippen LogP contribution < -0.4 is 10.2 Å². The summed E-state index contributed by atoms with van der Waals surface area (Å²) in [5.74, 6) is 0.575. The molecule has 1 rings (SSSR count). The van der Waals surface area contributed by atoms with Crippen molar-refractivity contribution < 1.29 is 19.1 Å². The first kappa shape index (κ1) is 15.5. The summed E-state index contributed by atoms with van der Waals surface area (Å²) in [6.07, 6.45) is 0.250. The van der Waals surface area contributed by atoms with E-state index in [0.29, 0.717) is 19.8 Å². The number of benzene rings is 1. The van der Waals surface area contributed by atoms with Gasteiger partial charge in [-0.05, 0) is 37.1 Å². The third kappa shape index (κ3) is 6.79. The van der Waals surface area contributed by atoms with Gasteiger partial charge in [0.15, 0.2) is 0 Å². The van der Waals surface area contributed by atoms with Gasteiger partial charge in [-0.2, -0.15) is 0 Å². The van der Waals surface area contributed by atoms with Gasteiger partial charge >= 0.3 is 0 Å². The smallest absolute Gasteiger partial charge is 0.246 e. The molecule has 0 atom stereocenters. The average molecular weight is 267 g/mol. The lowest BCUT2D eigenvalue weighted by molar-refractivity contribution is -0.135. The Morgan fingerprint density at radius 1 is 1.11 bits per heavy atom. The van der Waals surface area contributed by atoms with E-state index in [4.69, 9.17) is 14.3 Å². The fourth-order valence-electron chi connectivity index (χ4n) is 1.59. The number of methoxy groups -OCH3 is 1. The van der Waals surface area contributed by atoms with E-state index in [2.05, 4.69) is 11.5 Å². The summed E-state index contributed by atoms with van der Waals surface area (Å²) < 4.78 is 10.3. The molecule has 0 saturated heterocycles. The second-order valence-electron chi connectivity index (χ2n) is 4.29. The molecular formula is C14H21NO4. The summed E-state index contributed by atoms with van der Waals surface area (Å²) >= 11 is 0. The lowest BCUT2D eigenvalue weighted by Crippen LogP contribution is -2.26. The number of nitrogens with one attached hydrogen (secondary N) is 1. The van der Waals surface area contributed by atoms with Crippen LogP contribution in [0.1, 0.15) is 17.5 Å². The second kappa shape index (κ2) is 8.50. The highest BCUT2D eigenvalue weighted by Gasteiger charge is 2.02. The third-order valence-corrected chi connectivity index (χ3v) is 2.37. The van der Waals surface area contributed by atoms with Crippen molar-refractivity contribution in [3.05, 3.63) is 29.3 Å². The molecule has 1 aromatic carbocycles. The van der Waals surface area contributed by atoms with Crippen molar-refractivity contribution in [1.29, 1.82) is 0 Å². The number of hydrogen-bond acceptors (Lipinski definition) is 4. The zero-order valence-corrected chi connectivity index (χ0v) is 11.7. The Bertz CT molecular complexity index is 386. The standard InChI is InChI=1S/C14H21NO4/c1-11-8-12(2)10-13(9-11)18-5-4-14(16)15-19-7-6-17-3/h8-10H,4-7H2,1-3H3,(H,15,16). The molecule has 0 aliphatic rings. The highest BCUT2D eigenvalue weighted by Crippen LogP contribution is 2.16. The first-order valence-corrected chi connectivity index (χ1v) is 6.22. The highest BCUT2D eigenvalue weighted by molar-refractivity contribution is 5.74. The van der Waals surface area contributed by atoms with Crippen LogP contribution in [-0.2, 0) is 14.4 Å². The van der Waals surface area contributed by atoms with Crippen LogP contribution in [0.3, 0.4) is 0 Å². The molecule has 1 amide bonds. The van der Waals surface area contributed by atoms with Crippen LogP contribution in [0.5, 0.6) is 5.75 Å². The zero-order valence-electron chi connectivity index (χ0n) is 11.7. The Morgan fingerprint density at radius 3 is 2.42 bits per heavy atom. The Labute approximate surface area is 113 Å². The molecule has 0 bridgehead atoms. The zero-order chi connectivity index (χ0) is 14.1. The lowest BCUT2D eigenvalue weighted by Gasteiger charge is -2.08. The van der Waals surface area contributed by atoms with Crippen LogP contribution in [-0.4, -0.2) is 32.8 Å². The lowest BCUT2D eigenvalue weighted by atomic mass is 10.1. The van der Waals surface area contributed by atoms with Crippen molar-refractivity contribution in [3.63, 3.8) is 0 Å². The van der Waals surface area contributed by atoms with Crippen molar-refractivity contribution in [2.75, 3.05) is 26.9 Å². The van der Waals surface area contributed by atoms with Crippen molar-refractivity contribution in [2.24, 2.45) is 0 Å². The molecular weight excluding hydrogens is 246 g/mol. The minimum atomic E-state index is -0.208. The van der Waals surface area contributed by atoms with Crippen LogP contribution >= 0.6 is 0 Å². The van der Waals surface area contributed by atoms with E-state index >= 15 is 0 Å². The monoisotopic (exact) mass is 267 g/mol. The van der Waals surface area contributed by atoms with Gasteiger partial charge in [0.1, 0.15) is 5.75 Å². The van der Waals surface area contributed by atoms with Crippen molar-refractivity contribution in [2.45, 2.75) is 20.3 Å². The third-order valence-electron chi connectivity index (χ3n) is 2.37. The largest absolute Gasteiger partial charge is 0.493 e. The molecule has 0 fully saturated rings. The number of rotatable bonds is 8. The second-order valence-corrected chi connectivity index (χ2v) is 4.29.